The lowest BCUT2D eigenvalue weighted by atomic mass is 9.79. The first-order chi connectivity index (χ1) is 24.3. The van der Waals surface area contributed by atoms with Crippen molar-refractivity contribution in [2.45, 2.75) is 88.1 Å². The largest absolute Gasteiger partial charge is 0.483 e. The number of anilines is 2. The van der Waals surface area contributed by atoms with Gasteiger partial charge in [-0.3, -0.25) is 9.59 Å². The van der Waals surface area contributed by atoms with E-state index in [0.717, 1.165) is 44.2 Å². The minimum Gasteiger partial charge on any atom is -0.483 e. The summed E-state index contributed by atoms with van der Waals surface area (Å²) in [7, 11) is -3.80. The van der Waals surface area contributed by atoms with E-state index in [4.69, 9.17) is 4.74 Å². The molecule has 2 amide bonds. The second-order valence-corrected chi connectivity index (χ2v) is 16.4. The van der Waals surface area contributed by atoms with Crippen LogP contribution in [0.4, 0.5) is 11.4 Å². The number of hydrogen-bond acceptors (Lipinski definition) is 8. The predicted octanol–water partition coefficient (Wildman–Crippen LogP) is 7.16. The molecule has 0 spiro atoms. The van der Waals surface area contributed by atoms with Crippen molar-refractivity contribution in [3.8, 4) is 5.75 Å². The Kier molecular flexibility index (Phi) is 14.0. The molecule has 2 atom stereocenters. The molecule has 1 heterocycles. The van der Waals surface area contributed by atoms with Gasteiger partial charge in [0.1, 0.15) is 17.8 Å². The van der Waals surface area contributed by atoms with E-state index in [0.29, 0.717) is 22.7 Å². The number of rotatable bonds is 17. The van der Waals surface area contributed by atoms with Gasteiger partial charge in [-0.1, -0.05) is 102 Å². The number of carboxylic acid groups (broad SMARTS) is 1. The van der Waals surface area contributed by atoms with Gasteiger partial charge in [0.2, 0.25) is 5.91 Å². The van der Waals surface area contributed by atoms with E-state index in [2.05, 4.69) is 29.4 Å². The van der Waals surface area contributed by atoms with E-state index in [9.17, 15) is 27.9 Å². The van der Waals surface area contributed by atoms with E-state index in [-0.39, 0.29) is 16.4 Å². The molecule has 3 N–H and O–H groups in total. The first-order valence-corrected chi connectivity index (χ1v) is 20.5. The highest BCUT2D eigenvalue weighted by Crippen LogP contribution is 2.47. The smallest absolute Gasteiger partial charge is 0.326 e. The van der Waals surface area contributed by atoms with Crippen molar-refractivity contribution in [1.82, 2.24) is 10.6 Å². The number of unbranched alkanes of at least 4 members (excludes halogenated alkanes) is 2. The topological polar surface area (TPSA) is 142 Å². The van der Waals surface area contributed by atoms with E-state index >= 15 is 0 Å². The molecular formula is C39H51N3O7S2. The molecule has 3 aromatic rings. The minimum atomic E-state index is -3.80. The zero-order chi connectivity index (χ0) is 37.2. The number of thioether (sulfide) groups is 1. The maximum atomic E-state index is 14.4. The number of amides is 2. The van der Waals surface area contributed by atoms with Gasteiger partial charge < -0.3 is 25.4 Å². The van der Waals surface area contributed by atoms with Gasteiger partial charge in [0.25, 0.3) is 5.91 Å². The van der Waals surface area contributed by atoms with Crippen molar-refractivity contribution < 1.29 is 32.6 Å². The van der Waals surface area contributed by atoms with Crippen molar-refractivity contribution >= 4 is 50.8 Å². The lowest BCUT2D eigenvalue weighted by molar-refractivity contribution is -0.143. The average Bonchev–Trinajstić information content (AvgIpc) is 3.21. The van der Waals surface area contributed by atoms with Crippen LogP contribution in [0.3, 0.4) is 0 Å². The highest BCUT2D eigenvalue weighted by atomic mass is 32.2. The summed E-state index contributed by atoms with van der Waals surface area (Å²) in [6.45, 7) is 7.67. The number of fused-ring (bicyclic) bond motifs is 1. The van der Waals surface area contributed by atoms with Gasteiger partial charge in [-0.25, -0.2) is 13.2 Å². The Morgan fingerprint density at radius 2 is 1.55 bits per heavy atom. The molecule has 51 heavy (non-hydrogen) atoms. The molecule has 12 heteroatoms. The minimum absolute atomic E-state index is 0.0104. The number of hydrogen-bond donors (Lipinski definition) is 3. The second kappa shape index (κ2) is 17.9. The molecule has 0 radical (unpaired) electrons. The normalized spacial score (nSPS) is 16.0. The van der Waals surface area contributed by atoms with Crippen LogP contribution >= 0.6 is 11.8 Å². The van der Waals surface area contributed by atoms with Gasteiger partial charge in [0.05, 0.1) is 21.2 Å². The molecule has 0 saturated carbocycles. The van der Waals surface area contributed by atoms with Crippen LogP contribution in [0.25, 0.3) is 0 Å². The van der Waals surface area contributed by atoms with Crippen LogP contribution < -0.4 is 20.3 Å². The van der Waals surface area contributed by atoms with Crippen molar-refractivity contribution in [1.29, 1.82) is 0 Å². The molecule has 0 bridgehead atoms. The summed E-state index contributed by atoms with van der Waals surface area (Å²) in [6, 6.07) is 19.4. The van der Waals surface area contributed by atoms with E-state index in [1.54, 1.807) is 44.2 Å². The summed E-state index contributed by atoms with van der Waals surface area (Å²) in [5.74, 6) is -2.62. The molecule has 2 unspecified atom stereocenters. The number of nitrogens with zero attached hydrogens (tertiary/aromatic N) is 1. The van der Waals surface area contributed by atoms with E-state index in [1.165, 1.54) is 17.8 Å². The Bertz CT molecular complexity index is 1740. The van der Waals surface area contributed by atoms with Crippen LogP contribution in [-0.4, -0.2) is 62.5 Å². The standard InChI is InChI=1S/C39H51N3O7S2/c1-6-8-20-39(21-9-7-2)25-42(29-18-14-11-15-19-29)30-22-32(50-5)31(23-33(30)51(47,48)26-39)49-24-34(43)40-36(28-16-12-10-13-17-28)37(44)41-35(27(3)4)38(45)46/h10-19,22-23,27,35-36H,6-9,20-21,24-26H2,1-5H3,(H,40,43)(H,41,44)(H,45,46). The zero-order valence-corrected chi connectivity index (χ0v) is 31.8. The molecule has 0 aliphatic carbocycles. The third-order valence-electron chi connectivity index (χ3n) is 9.34. The Balaban J connectivity index is 1.68. The molecule has 0 aromatic heterocycles. The SMILES string of the molecule is CCCCC1(CCCC)CN(c2ccccc2)c2cc(SC)c(OCC(=O)NC(C(=O)NC(C(=O)O)C(C)C)c3ccccc3)cc2S(=O)(=O)C1. The van der Waals surface area contributed by atoms with Gasteiger partial charge in [0.15, 0.2) is 16.4 Å². The predicted molar refractivity (Wildman–Crippen MR) is 202 cm³/mol. The fourth-order valence-corrected chi connectivity index (χ4v) is 9.29. The summed E-state index contributed by atoms with van der Waals surface area (Å²) in [6.07, 6.45) is 7.23. The maximum absolute atomic E-state index is 14.4. The Morgan fingerprint density at radius 1 is 0.941 bits per heavy atom. The highest BCUT2D eigenvalue weighted by molar-refractivity contribution is 7.98. The summed E-state index contributed by atoms with van der Waals surface area (Å²) >= 11 is 1.38. The molecule has 3 aromatic carbocycles. The van der Waals surface area contributed by atoms with Gasteiger partial charge in [-0.05, 0) is 48.8 Å². The zero-order valence-electron chi connectivity index (χ0n) is 30.2. The van der Waals surface area contributed by atoms with Crippen molar-refractivity contribution in [2.24, 2.45) is 11.3 Å². The van der Waals surface area contributed by atoms with Crippen LogP contribution in [0, 0.1) is 11.3 Å². The van der Waals surface area contributed by atoms with Crippen LogP contribution in [-0.2, 0) is 24.2 Å². The molecule has 1 aliphatic heterocycles. The molecule has 1 aliphatic rings. The van der Waals surface area contributed by atoms with Crippen molar-refractivity contribution in [3.05, 3.63) is 78.4 Å². The van der Waals surface area contributed by atoms with Crippen molar-refractivity contribution in [3.63, 3.8) is 0 Å². The molecule has 276 valence electrons. The fraction of sp³-hybridized carbons (Fsp3) is 0.462. The first-order valence-electron chi connectivity index (χ1n) is 17.6. The number of sulfone groups is 1. The number of aliphatic carboxylic acids is 1. The first kappa shape index (κ1) is 39.8. The highest BCUT2D eigenvalue weighted by Gasteiger charge is 2.42. The van der Waals surface area contributed by atoms with E-state index < -0.39 is 57.6 Å². The van der Waals surface area contributed by atoms with Crippen LogP contribution in [0.1, 0.15) is 77.8 Å². The molecular weight excluding hydrogens is 687 g/mol. The summed E-state index contributed by atoms with van der Waals surface area (Å²) in [5.41, 5.74) is 1.49. The lowest BCUT2D eigenvalue weighted by Gasteiger charge is -2.37. The second-order valence-electron chi connectivity index (χ2n) is 13.6. The van der Waals surface area contributed by atoms with Gasteiger partial charge in [-0.15, -0.1) is 11.8 Å². The third-order valence-corrected chi connectivity index (χ3v) is 12.1. The fourth-order valence-electron chi connectivity index (χ4n) is 6.62. The Morgan fingerprint density at radius 3 is 2.10 bits per heavy atom. The van der Waals surface area contributed by atoms with E-state index in [1.807, 2.05) is 42.7 Å². The van der Waals surface area contributed by atoms with Gasteiger partial charge in [0, 0.05) is 23.7 Å². The monoisotopic (exact) mass is 737 g/mol. The van der Waals surface area contributed by atoms with Crippen LogP contribution in [0.15, 0.2) is 82.6 Å². The lowest BCUT2D eigenvalue weighted by Crippen LogP contribution is -2.49. The summed E-state index contributed by atoms with van der Waals surface area (Å²) in [5, 5.41) is 14.9. The van der Waals surface area contributed by atoms with Gasteiger partial charge in [-0.2, -0.15) is 0 Å². The van der Waals surface area contributed by atoms with Gasteiger partial charge >= 0.3 is 5.97 Å². The molecule has 0 fully saturated rings. The Hall–Kier alpha value is -4.03. The number of carbonyl (C=O) groups excluding carboxylic acids is 2. The number of nitrogens with one attached hydrogen (secondary N) is 2. The van der Waals surface area contributed by atoms with Crippen LogP contribution in [0.5, 0.6) is 5.75 Å². The quantitative estimate of drug-likeness (QED) is 0.123. The number of benzene rings is 3. The number of carbonyl (C=O) groups is 3. The molecule has 4 rings (SSSR count). The third kappa shape index (κ3) is 10.1. The molecule has 0 saturated heterocycles. The number of carboxylic acids is 1. The summed E-state index contributed by atoms with van der Waals surface area (Å²) < 4.78 is 34.9. The molecule has 10 nitrogen and oxygen atoms in total. The maximum Gasteiger partial charge on any atom is 0.326 e. The number of para-hydroxylation sites is 1. The van der Waals surface area contributed by atoms with Crippen LogP contribution in [0.2, 0.25) is 0 Å². The average molecular weight is 738 g/mol. The van der Waals surface area contributed by atoms with Crippen molar-refractivity contribution in [2.75, 3.05) is 30.1 Å². The Labute approximate surface area is 306 Å². The summed E-state index contributed by atoms with van der Waals surface area (Å²) in [4.78, 5) is 41.5. The number of ether oxygens (including phenoxy) is 1.